The predicted octanol–water partition coefficient (Wildman–Crippen LogP) is 0.514. The molecule has 1 saturated heterocycles. The fourth-order valence-electron chi connectivity index (χ4n) is 4.45. The van der Waals surface area contributed by atoms with Crippen LogP contribution in [0.5, 0.6) is 0 Å². The van der Waals surface area contributed by atoms with E-state index in [4.69, 9.17) is 5.11 Å². The fourth-order valence-corrected chi connectivity index (χ4v) is 4.45. The average molecular weight is 261 g/mol. The molecule has 4 aliphatic carbocycles. The SMILES string of the molecule is O=C(O)CCN1C(=O)[C@@H]2[C@H]3C=C[C@@H]([C@H]4C[C@H]34)[C@H]2C1=O. The molecule has 2 amide bonds. The lowest BCUT2D eigenvalue weighted by Crippen LogP contribution is -2.40. The van der Waals surface area contributed by atoms with Gasteiger partial charge in [0.05, 0.1) is 18.3 Å². The van der Waals surface area contributed by atoms with Crippen molar-refractivity contribution in [3.63, 3.8) is 0 Å². The van der Waals surface area contributed by atoms with Crippen LogP contribution in [0.1, 0.15) is 12.8 Å². The number of aliphatic carboxylic acids is 1. The summed E-state index contributed by atoms with van der Waals surface area (Å²) in [4.78, 5) is 36.6. The van der Waals surface area contributed by atoms with E-state index in [0.717, 1.165) is 6.42 Å². The van der Waals surface area contributed by atoms with E-state index in [1.165, 1.54) is 4.90 Å². The van der Waals surface area contributed by atoms with Crippen LogP contribution in [-0.2, 0) is 14.4 Å². The largest absolute Gasteiger partial charge is 0.481 e. The number of hydrogen-bond donors (Lipinski definition) is 1. The topological polar surface area (TPSA) is 74.7 Å². The number of carbonyl (C=O) groups is 3. The third-order valence-corrected chi connectivity index (χ3v) is 5.30. The Balaban J connectivity index is 1.63. The van der Waals surface area contributed by atoms with E-state index in [1.54, 1.807) is 0 Å². The molecule has 1 N–H and O–H groups in total. The Bertz CT molecular complexity index is 490. The van der Waals surface area contributed by atoms with Crippen molar-refractivity contribution < 1.29 is 19.5 Å². The molecule has 1 aliphatic heterocycles. The summed E-state index contributed by atoms with van der Waals surface area (Å²) in [5, 5.41) is 8.71. The van der Waals surface area contributed by atoms with Crippen molar-refractivity contribution in [2.24, 2.45) is 35.5 Å². The van der Waals surface area contributed by atoms with Gasteiger partial charge in [0.15, 0.2) is 0 Å². The minimum atomic E-state index is -0.973. The first-order valence-electron chi connectivity index (χ1n) is 6.85. The molecule has 0 radical (unpaired) electrons. The van der Waals surface area contributed by atoms with Gasteiger partial charge in [-0.3, -0.25) is 19.3 Å². The lowest BCUT2D eigenvalue weighted by Gasteiger charge is -2.37. The van der Waals surface area contributed by atoms with Crippen LogP contribution >= 0.6 is 0 Å². The Morgan fingerprint density at radius 1 is 1.16 bits per heavy atom. The van der Waals surface area contributed by atoms with Crippen LogP contribution in [0.15, 0.2) is 12.2 Å². The van der Waals surface area contributed by atoms with Crippen molar-refractivity contribution in [1.82, 2.24) is 4.90 Å². The summed E-state index contributed by atoms with van der Waals surface area (Å²) < 4.78 is 0. The van der Waals surface area contributed by atoms with Crippen LogP contribution in [0.3, 0.4) is 0 Å². The molecule has 5 rings (SSSR count). The molecule has 5 nitrogen and oxygen atoms in total. The number of amides is 2. The summed E-state index contributed by atoms with van der Waals surface area (Å²) in [6, 6.07) is 0. The number of carbonyl (C=O) groups excluding carboxylic acids is 2. The molecule has 1 heterocycles. The quantitative estimate of drug-likeness (QED) is 0.593. The van der Waals surface area contributed by atoms with Crippen LogP contribution in [-0.4, -0.2) is 34.3 Å². The molecule has 5 heteroatoms. The van der Waals surface area contributed by atoms with E-state index in [9.17, 15) is 14.4 Å². The van der Waals surface area contributed by atoms with Crippen molar-refractivity contribution in [3.05, 3.63) is 12.2 Å². The number of hydrogen-bond acceptors (Lipinski definition) is 3. The fraction of sp³-hybridized carbons (Fsp3) is 0.643. The number of carboxylic acids is 1. The maximum atomic E-state index is 12.4. The van der Waals surface area contributed by atoms with Gasteiger partial charge in [0.25, 0.3) is 0 Å². The summed E-state index contributed by atoms with van der Waals surface area (Å²) >= 11 is 0. The first kappa shape index (κ1) is 11.2. The van der Waals surface area contributed by atoms with Crippen molar-refractivity contribution >= 4 is 17.8 Å². The van der Waals surface area contributed by atoms with Crippen LogP contribution in [0, 0.1) is 35.5 Å². The molecule has 0 spiro atoms. The zero-order valence-corrected chi connectivity index (χ0v) is 10.4. The number of likely N-dealkylation sites (tertiary alicyclic amines) is 1. The van der Waals surface area contributed by atoms with E-state index < -0.39 is 5.97 Å². The second kappa shape index (κ2) is 3.46. The van der Waals surface area contributed by atoms with Crippen LogP contribution in [0.4, 0.5) is 0 Å². The summed E-state index contributed by atoms with van der Waals surface area (Å²) in [6.45, 7) is 0.0226. The zero-order valence-electron chi connectivity index (χ0n) is 10.4. The first-order chi connectivity index (χ1) is 9.09. The van der Waals surface area contributed by atoms with Gasteiger partial charge < -0.3 is 5.11 Å². The van der Waals surface area contributed by atoms with Gasteiger partial charge in [-0.05, 0) is 30.1 Å². The molecule has 100 valence electrons. The number of rotatable bonds is 3. The molecule has 0 aromatic rings. The lowest BCUT2D eigenvalue weighted by molar-refractivity contribution is -0.142. The Morgan fingerprint density at radius 2 is 1.68 bits per heavy atom. The number of imide groups is 1. The Kier molecular flexibility index (Phi) is 2.04. The van der Waals surface area contributed by atoms with Gasteiger partial charge in [0, 0.05) is 6.54 Å². The van der Waals surface area contributed by atoms with Crippen molar-refractivity contribution in [2.75, 3.05) is 6.54 Å². The first-order valence-corrected chi connectivity index (χ1v) is 6.85. The molecule has 3 fully saturated rings. The number of carboxylic acid groups (broad SMARTS) is 1. The molecule has 0 aromatic carbocycles. The molecule has 0 aromatic heterocycles. The van der Waals surface area contributed by atoms with E-state index in [-0.39, 0.29) is 48.5 Å². The molecule has 2 bridgehead atoms. The Hall–Kier alpha value is -1.65. The highest BCUT2D eigenvalue weighted by Gasteiger charge is 2.66. The lowest BCUT2D eigenvalue weighted by atomic mass is 9.63. The third kappa shape index (κ3) is 1.33. The second-order valence-corrected chi connectivity index (χ2v) is 6.13. The van der Waals surface area contributed by atoms with Crippen molar-refractivity contribution in [3.8, 4) is 0 Å². The molecular formula is C14H15NO4. The van der Waals surface area contributed by atoms with Gasteiger partial charge in [-0.2, -0.15) is 0 Å². The highest BCUT2D eigenvalue weighted by Crippen LogP contribution is 2.65. The Labute approximate surface area is 110 Å². The van der Waals surface area contributed by atoms with E-state index in [0.29, 0.717) is 11.8 Å². The predicted molar refractivity (Wildman–Crippen MR) is 63.7 cm³/mol. The summed E-state index contributed by atoms with van der Waals surface area (Å²) in [7, 11) is 0. The monoisotopic (exact) mass is 261 g/mol. The van der Waals surface area contributed by atoms with Gasteiger partial charge in [0.2, 0.25) is 11.8 Å². The minimum absolute atomic E-state index is 0.0226. The van der Waals surface area contributed by atoms with Crippen LogP contribution < -0.4 is 0 Å². The van der Waals surface area contributed by atoms with E-state index in [2.05, 4.69) is 12.2 Å². The smallest absolute Gasteiger partial charge is 0.305 e. The standard InChI is InChI=1S/C14H15NO4/c16-10(17)3-4-15-13(18)11-6-1-2-7(9-5-8(6)9)12(11)14(15)19/h1-2,6-9,11-12H,3-5H2,(H,16,17)/t6-,7-,8+,9+,11+,12+/m0/s1. The van der Waals surface area contributed by atoms with Crippen LogP contribution in [0.2, 0.25) is 0 Å². The van der Waals surface area contributed by atoms with E-state index >= 15 is 0 Å². The summed E-state index contributed by atoms with van der Waals surface area (Å²) in [5.74, 6) is -0.0567. The summed E-state index contributed by atoms with van der Waals surface area (Å²) in [5.41, 5.74) is 0. The highest BCUT2D eigenvalue weighted by molar-refractivity contribution is 6.06. The maximum absolute atomic E-state index is 12.4. The minimum Gasteiger partial charge on any atom is -0.481 e. The maximum Gasteiger partial charge on any atom is 0.305 e. The zero-order chi connectivity index (χ0) is 13.3. The Morgan fingerprint density at radius 3 is 2.16 bits per heavy atom. The van der Waals surface area contributed by atoms with Gasteiger partial charge >= 0.3 is 5.97 Å². The van der Waals surface area contributed by atoms with Crippen molar-refractivity contribution in [1.29, 1.82) is 0 Å². The summed E-state index contributed by atoms with van der Waals surface area (Å²) in [6.07, 6.45) is 5.22. The molecular weight excluding hydrogens is 246 g/mol. The van der Waals surface area contributed by atoms with Gasteiger partial charge in [0.1, 0.15) is 0 Å². The van der Waals surface area contributed by atoms with Crippen LogP contribution in [0.25, 0.3) is 0 Å². The average Bonchev–Trinajstić information content (AvgIpc) is 3.14. The molecule has 0 unspecified atom stereocenters. The molecule has 2 saturated carbocycles. The van der Waals surface area contributed by atoms with Gasteiger partial charge in [-0.1, -0.05) is 12.2 Å². The van der Waals surface area contributed by atoms with Crippen molar-refractivity contribution in [2.45, 2.75) is 12.8 Å². The third-order valence-electron chi connectivity index (χ3n) is 5.30. The molecule has 6 atom stereocenters. The van der Waals surface area contributed by atoms with E-state index in [1.807, 2.05) is 0 Å². The molecule has 19 heavy (non-hydrogen) atoms. The number of nitrogens with zero attached hydrogens (tertiary/aromatic N) is 1. The highest BCUT2D eigenvalue weighted by atomic mass is 16.4. The van der Waals surface area contributed by atoms with Gasteiger partial charge in [-0.25, -0.2) is 0 Å². The normalized spacial score (nSPS) is 45.4. The second-order valence-electron chi connectivity index (χ2n) is 6.13. The van der Waals surface area contributed by atoms with Gasteiger partial charge in [-0.15, -0.1) is 0 Å². The molecule has 5 aliphatic rings. The number of allylic oxidation sites excluding steroid dienone is 2.